The fourth-order valence-electron chi connectivity index (χ4n) is 3.92. The molecule has 1 unspecified atom stereocenters. The first kappa shape index (κ1) is 22.7. The lowest BCUT2D eigenvalue weighted by Gasteiger charge is -2.30. The third kappa shape index (κ3) is 4.41. The minimum atomic E-state index is -3.86. The normalized spacial score (nSPS) is 14.3. The first-order chi connectivity index (χ1) is 15.8. The molecule has 0 saturated heterocycles. The first-order valence-electron chi connectivity index (χ1n) is 10.3. The van der Waals surface area contributed by atoms with Gasteiger partial charge in [-0.2, -0.15) is 5.23 Å². The Morgan fingerprint density at radius 2 is 1.88 bits per heavy atom. The highest BCUT2D eigenvalue weighted by Crippen LogP contribution is 2.32. The molecule has 1 aliphatic rings. The highest BCUT2D eigenvalue weighted by atomic mass is 32.2. The molecule has 3 aromatic carbocycles. The van der Waals surface area contributed by atoms with E-state index in [9.17, 15) is 23.6 Å². The Bertz CT molecular complexity index is 1290. The highest BCUT2D eigenvalue weighted by Gasteiger charge is 2.29. The van der Waals surface area contributed by atoms with Gasteiger partial charge in [0.2, 0.25) is 5.69 Å². The maximum absolute atomic E-state index is 13.4. The van der Waals surface area contributed by atoms with Crippen molar-refractivity contribution >= 4 is 33.0 Å². The van der Waals surface area contributed by atoms with Crippen LogP contribution in [0.25, 0.3) is 0 Å². The number of fused-ring (bicyclic) bond motifs is 1. The summed E-state index contributed by atoms with van der Waals surface area (Å²) < 4.78 is 33.3. The van der Waals surface area contributed by atoms with Gasteiger partial charge in [0.1, 0.15) is 5.56 Å². The van der Waals surface area contributed by atoms with Gasteiger partial charge in [0, 0.05) is 12.2 Å². The number of benzene rings is 3. The van der Waals surface area contributed by atoms with Crippen LogP contribution in [0, 0.1) is 5.21 Å². The van der Waals surface area contributed by atoms with Crippen molar-refractivity contribution in [2.75, 3.05) is 23.3 Å². The van der Waals surface area contributed by atoms with Gasteiger partial charge in [-0.05, 0) is 54.8 Å². The molecule has 0 bridgehead atoms. The number of nitrogens with one attached hydrogen (secondary N) is 2. The lowest BCUT2D eigenvalue weighted by molar-refractivity contribution is -0.991. The molecule has 0 aromatic heterocycles. The van der Waals surface area contributed by atoms with Crippen LogP contribution in [0.3, 0.4) is 0 Å². The topological polar surface area (TPSA) is 123 Å². The number of hydrogen-bond acceptors (Lipinski definition) is 6. The van der Waals surface area contributed by atoms with Crippen LogP contribution in [0.1, 0.15) is 22.3 Å². The molecule has 3 N–H and O–H groups in total. The summed E-state index contributed by atoms with van der Waals surface area (Å²) in [5.74, 6) is -0.639. The molecule has 172 valence electrons. The second kappa shape index (κ2) is 9.20. The Hall–Kier alpha value is -3.44. The predicted molar refractivity (Wildman–Crippen MR) is 122 cm³/mol. The molecular formula is C23H23N3O6S. The van der Waals surface area contributed by atoms with E-state index < -0.39 is 21.2 Å². The molecular weight excluding hydrogens is 446 g/mol. The van der Waals surface area contributed by atoms with Crippen molar-refractivity contribution in [3.8, 4) is 5.75 Å². The third-order valence-corrected chi connectivity index (χ3v) is 7.26. The van der Waals surface area contributed by atoms with Crippen LogP contribution in [0.15, 0.2) is 71.6 Å². The van der Waals surface area contributed by atoms with E-state index in [4.69, 9.17) is 4.74 Å². The molecule has 1 amide bonds. The van der Waals surface area contributed by atoms with Crippen LogP contribution in [0.2, 0.25) is 0 Å². The number of rotatable bonds is 6. The minimum Gasteiger partial charge on any atom is -0.595 e. The SMILES string of the molecule is COc1cccc(C(=O)Nc2cccc(S(=O)(=O)N3CCCc4ccccc43)c2)c1[NH+]([O-])O. The molecule has 4 rings (SSSR count). The molecule has 1 aliphatic heterocycles. The van der Waals surface area contributed by atoms with E-state index in [-0.39, 0.29) is 27.6 Å². The number of ether oxygens (including phenoxy) is 1. The minimum absolute atomic E-state index is 0.0288. The maximum atomic E-state index is 13.4. The monoisotopic (exact) mass is 469 g/mol. The summed E-state index contributed by atoms with van der Waals surface area (Å²) in [5, 5.41) is 22.5. The molecule has 0 aliphatic carbocycles. The van der Waals surface area contributed by atoms with Crippen LogP contribution < -0.4 is 19.6 Å². The molecule has 0 radical (unpaired) electrons. The number of para-hydroxylation sites is 2. The van der Waals surface area contributed by atoms with Gasteiger partial charge in [0.05, 0.1) is 17.7 Å². The smallest absolute Gasteiger partial charge is 0.264 e. The summed E-state index contributed by atoms with van der Waals surface area (Å²) in [4.78, 5) is 12.9. The van der Waals surface area contributed by atoms with E-state index >= 15 is 0 Å². The van der Waals surface area contributed by atoms with Crippen molar-refractivity contribution in [1.82, 2.24) is 0 Å². The largest absolute Gasteiger partial charge is 0.595 e. The number of sulfonamides is 1. The summed E-state index contributed by atoms with van der Waals surface area (Å²) in [7, 11) is -2.55. The number of carbonyl (C=O) groups is 1. The average Bonchev–Trinajstić information content (AvgIpc) is 2.83. The van der Waals surface area contributed by atoms with Gasteiger partial charge in [-0.3, -0.25) is 9.10 Å². The van der Waals surface area contributed by atoms with Gasteiger partial charge in [-0.15, -0.1) is 0 Å². The van der Waals surface area contributed by atoms with Gasteiger partial charge in [-0.1, -0.05) is 30.3 Å². The van der Waals surface area contributed by atoms with Gasteiger partial charge in [0.25, 0.3) is 15.9 Å². The number of nitrogens with zero attached hydrogens (tertiary/aromatic N) is 1. The van der Waals surface area contributed by atoms with Crippen molar-refractivity contribution in [1.29, 1.82) is 0 Å². The van der Waals surface area contributed by atoms with Gasteiger partial charge < -0.3 is 15.3 Å². The number of methoxy groups -OCH3 is 1. The van der Waals surface area contributed by atoms with Crippen LogP contribution in [0.4, 0.5) is 17.1 Å². The van der Waals surface area contributed by atoms with E-state index in [2.05, 4.69) is 5.32 Å². The summed E-state index contributed by atoms with van der Waals surface area (Å²) in [6, 6.07) is 17.6. The summed E-state index contributed by atoms with van der Waals surface area (Å²) in [6.45, 7) is 0.363. The number of aryl methyl sites for hydroxylation is 1. The number of quaternary nitrogens is 1. The zero-order valence-corrected chi connectivity index (χ0v) is 18.6. The fraction of sp³-hybridized carbons (Fsp3) is 0.174. The molecule has 0 fully saturated rings. The molecule has 9 nitrogen and oxygen atoms in total. The third-order valence-electron chi connectivity index (χ3n) is 5.45. The van der Waals surface area contributed by atoms with Crippen LogP contribution >= 0.6 is 0 Å². The summed E-state index contributed by atoms with van der Waals surface area (Å²) in [6.07, 6.45) is 1.52. The van der Waals surface area contributed by atoms with Crippen LogP contribution in [-0.2, 0) is 16.4 Å². The number of anilines is 2. The molecule has 10 heteroatoms. The molecule has 1 heterocycles. The Kier molecular flexibility index (Phi) is 6.34. The van der Waals surface area contributed by atoms with Crippen molar-refractivity contribution in [3.63, 3.8) is 0 Å². The molecule has 1 atom stereocenters. The number of carbonyl (C=O) groups excluding carboxylic acids is 1. The standard InChI is InChI=1S/C23H23N3O6S/c1-32-21-13-5-11-19(22(21)26(28)29)23(27)24-17-9-4-10-18(15-17)33(30,31)25-14-6-8-16-7-2-3-12-20(16)25/h2-5,7,9-13,15,26,28H,6,8,14H2,1H3,(H,24,27). The molecule has 0 saturated carbocycles. The van der Waals surface area contributed by atoms with Crippen LogP contribution in [0.5, 0.6) is 5.75 Å². The van der Waals surface area contributed by atoms with Gasteiger partial charge in [-0.25, -0.2) is 13.6 Å². The zero-order valence-electron chi connectivity index (χ0n) is 17.8. The van der Waals surface area contributed by atoms with Crippen LogP contribution in [-0.4, -0.2) is 33.2 Å². The second-order valence-electron chi connectivity index (χ2n) is 7.48. The van der Waals surface area contributed by atoms with Gasteiger partial charge >= 0.3 is 0 Å². The van der Waals surface area contributed by atoms with Crippen molar-refractivity contribution in [2.45, 2.75) is 17.7 Å². The fourth-order valence-corrected chi connectivity index (χ4v) is 5.51. The lowest BCUT2D eigenvalue weighted by atomic mass is 10.0. The van der Waals surface area contributed by atoms with E-state index in [0.29, 0.717) is 18.7 Å². The quantitative estimate of drug-likeness (QED) is 0.477. The second-order valence-corrected chi connectivity index (χ2v) is 9.34. The Morgan fingerprint density at radius 3 is 2.64 bits per heavy atom. The summed E-state index contributed by atoms with van der Waals surface area (Å²) >= 11 is 0. The number of amides is 1. The van der Waals surface area contributed by atoms with E-state index in [1.54, 1.807) is 18.2 Å². The first-order valence-corrected chi connectivity index (χ1v) is 11.7. The predicted octanol–water partition coefficient (Wildman–Crippen LogP) is 2.49. The van der Waals surface area contributed by atoms with Crippen molar-refractivity contribution in [2.24, 2.45) is 0 Å². The van der Waals surface area contributed by atoms with E-state index in [0.717, 1.165) is 12.0 Å². The molecule has 0 spiro atoms. The zero-order chi connectivity index (χ0) is 23.6. The molecule has 33 heavy (non-hydrogen) atoms. The lowest BCUT2D eigenvalue weighted by Crippen LogP contribution is -2.99. The highest BCUT2D eigenvalue weighted by molar-refractivity contribution is 7.92. The number of hydrogen-bond donors (Lipinski definition) is 3. The maximum Gasteiger partial charge on any atom is 0.264 e. The Morgan fingerprint density at radius 1 is 1.12 bits per heavy atom. The van der Waals surface area contributed by atoms with E-state index in [1.165, 1.54) is 47.8 Å². The van der Waals surface area contributed by atoms with Crippen molar-refractivity contribution in [3.05, 3.63) is 83.1 Å². The summed E-state index contributed by atoms with van der Waals surface area (Å²) in [5.41, 5.74) is 1.48. The average molecular weight is 470 g/mol. The Labute approximate surface area is 191 Å². The Balaban J connectivity index is 1.64. The van der Waals surface area contributed by atoms with Crippen molar-refractivity contribution < 1.29 is 28.4 Å². The van der Waals surface area contributed by atoms with E-state index in [1.807, 2.05) is 12.1 Å². The molecule has 3 aromatic rings. The van der Waals surface area contributed by atoms with Gasteiger partial charge in [0.15, 0.2) is 5.75 Å².